The molecular weight excluding hydrogens is 290 g/mol. The van der Waals surface area contributed by atoms with Crippen LogP contribution in [0.1, 0.15) is 5.69 Å². The third kappa shape index (κ3) is 1.91. The fraction of sp³-hybridized carbons (Fsp3) is 0.462. The van der Waals surface area contributed by atoms with Crippen molar-refractivity contribution in [2.75, 3.05) is 18.9 Å². The Bertz CT molecular complexity index is 705. The molecule has 2 aromatic rings. The van der Waals surface area contributed by atoms with Crippen molar-refractivity contribution in [2.45, 2.75) is 23.9 Å². The molecule has 5 N–H and O–H groups in total. The Morgan fingerprint density at radius 2 is 2.23 bits per heavy atom. The lowest BCUT2D eigenvalue weighted by atomic mass is 9.91. The molecule has 1 fully saturated rings. The normalized spacial score (nSPS) is 31.7. The van der Waals surface area contributed by atoms with Gasteiger partial charge < -0.3 is 25.8 Å². The average molecular weight is 307 g/mol. The highest BCUT2D eigenvalue weighted by Gasteiger charge is 2.56. The van der Waals surface area contributed by atoms with Crippen LogP contribution in [0.2, 0.25) is 0 Å². The van der Waals surface area contributed by atoms with E-state index in [0.717, 1.165) is 0 Å². The van der Waals surface area contributed by atoms with Crippen LogP contribution in [-0.2, 0) is 10.3 Å². The minimum absolute atomic E-state index is 0.0161. The summed E-state index contributed by atoms with van der Waals surface area (Å²) >= 11 is 0. The minimum atomic E-state index is -1.37. The van der Waals surface area contributed by atoms with Gasteiger partial charge >= 0.3 is 0 Å². The van der Waals surface area contributed by atoms with Gasteiger partial charge in [-0.15, -0.1) is 0 Å². The number of nitrogens with two attached hydrogens (primary N) is 1. The number of aliphatic hydroxyl groups excluding tert-OH is 3. The first-order valence-electron chi connectivity index (χ1n) is 6.71. The second kappa shape index (κ2) is 5.29. The van der Waals surface area contributed by atoms with Crippen molar-refractivity contribution in [1.82, 2.24) is 14.6 Å². The SMILES string of the molecule is C=NC[C@@]1(c2ccc3c(N)ncnn23)O[C@H](CO)[C@@H](O)[C@H]1O. The standard InChI is InChI=1S/C13H17N5O4/c1-15-5-13(11(21)10(20)8(4-19)22-13)9-3-2-7-12(14)16-6-17-18(7)9/h2-3,6,8,10-11,19-21H,1,4-5H2,(H2,14,16,17)/t8-,10-,11-,13+/m1/s1. The number of nitrogen functional groups attached to an aromatic ring is 1. The molecule has 9 heteroatoms. The van der Waals surface area contributed by atoms with Gasteiger partial charge in [0.15, 0.2) is 11.4 Å². The van der Waals surface area contributed by atoms with E-state index in [-0.39, 0.29) is 12.4 Å². The third-order valence-electron chi connectivity index (χ3n) is 3.99. The molecular formula is C13H17N5O4. The third-order valence-corrected chi connectivity index (χ3v) is 3.99. The van der Waals surface area contributed by atoms with Gasteiger partial charge in [0.25, 0.3) is 0 Å². The average Bonchev–Trinajstić information content (AvgIpc) is 3.04. The molecule has 1 aliphatic heterocycles. The molecule has 0 amide bonds. The van der Waals surface area contributed by atoms with Gasteiger partial charge in [0, 0.05) is 0 Å². The molecule has 1 saturated heterocycles. The lowest BCUT2D eigenvalue weighted by Gasteiger charge is -2.30. The molecule has 0 saturated carbocycles. The van der Waals surface area contributed by atoms with Gasteiger partial charge in [-0.05, 0) is 18.9 Å². The van der Waals surface area contributed by atoms with Gasteiger partial charge in [0.2, 0.25) is 0 Å². The molecule has 0 spiro atoms. The van der Waals surface area contributed by atoms with E-state index in [2.05, 4.69) is 21.8 Å². The summed E-state index contributed by atoms with van der Waals surface area (Å²) in [5, 5.41) is 34.0. The summed E-state index contributed by atoms with van der Waals surface area (Å²) in [5.41, 5.74) is 5.42. The topological polar surface area (TPSA) is 138 Å². The zero-order valence-electron chi connectivity index (χ0n) is 11.7. The van der Waals surface area contributed by atoms with Gasteiger partial charge in [-0.1, -0.05) is 0 Å². The van der Waals surface area contributed by atoms with E-state index in [1.807, 2.05) is 0 Å². The number of fused-ring (bicyclic) bond motifs is 1. The van der Waals surface area contributed by atoms with Crippen molar-refractivity contribution in [3.8, 4) is 0 Å². The molecule has 22 heavy (non-hydrogen) atoms. The molecule has 0 unspecified atom stereocenters. The second-order valence-electron chi connectivity index (χ2n) is 5.21. The van der Waals surface area contributed by atoms with Gasteiger partial charge in [0.1, 0.15) is 30.2 Å². The minimum Gasteiger partial charge on any atom is -0.394 e. The Kier molecular flexibility index (Phi) is 3.57. The number of hydrogen-bond acceptors (Lipinski definition) is 8. The number of hydrogen-bond donors (Lipinski definition) is 4. The Balaban J connectivity index is 2.19. The first-order valence-corrected chi connectivity index (χ1v) is 6.71. The molecule has 1 aliphatic rings. The van der Waals surface area contributed by atoms with Crippen LogP contribution in [0.5, 0.6) is 0 Å². The number of anilines is 1. The molecule has 2 aromatic heterocycles. The molecule has 3 heterocycles. The predicted molar refractivity (Wildman–Crippen MR) is 77.5 cm³/mol. The maximum Gasteiger partial charge on any atom is 0.158 e. The van der Waals surface area contributed by atoms with Crippen molar-refractivity contribution in [3.05, 3.63) is 24.2 Å². The largest absolute Gasteiger partial charge is 0.394 e. The molecule has 0 bridgehead atoms. The Morgan fingerprint density at radius 3 is 2.86 bits per heavy atom. The fourth-order valence-electron chi connectivity index (χ4n) is 2.90. The Morgan fingerprint density at radius 1 is 1.45 bits per heavy atom. The van der Waals surface area contributed by atoms with Crippen LogP contribution in [0.4, 0.5) is 5.82 Å². The smallest absolute Gasteiger partial charge is 0.158 e. The van der Waals surface area contributed by atoms with E-state index < -0.39 is 30.5 Å². The van der Waals surface area contributed by atoms with E-state index >= 15 is 0 Å². The lowest BCUT2D eigenvalue weighted by molar-refractivity contribution is -0.0946. The number of aromatic nitrogens is 3. The molecule has 0 aliphatic carbocycles. The summed E-state index contributed by atoms with van der Waals surface area (Å²) in [7, 11) is 0. The van der Waals surface area contributed by atoms with Crippen LogP contribution in [0.3, 0.4) is 0 Å². The van der Waals surface area contributed by atoms with E-state index in [0.29, 0.717) is 11.2 Å². The van der Waals surface area contributed by atoms with E-state index in [9.17, 15) is 15.3 Å². The number of aliphatic imine (C=N–C) groups is 1. The van der Waals surface area contributed by atoms with Crippen LogP contribution in [0, 0.1) is 0 Å². The molecule has 9 nitrogen and oxygen atoms in total. The monoisotopic (exact) mass is 307 g/mol. The molecule has 0 radical (unpaired) electrons. The van der Waals surface area contributed by atoms with Crippen LogP contribution in [0.15, 0.2) is 23.5 Å². The molecule has 3 rings (SSSR count). The fourth-order valence-corrected chi connectivity index (χ4v) is 2.90. The Hall–Kier alpha value is -2.07. The van der Waals surface area contributed by atoms with Crippen molar-refractivity contribution in [1.29, 1.82) is 0 Å². The van der Waals surface area contributed by atoms with Gasteiger partial charge in [0.05, 0.1) is 18.8 Å². The highest BCUT2D eigenvalue weighted by Crippen LogP contribution is 2.40. The van der Waals surface area contributed by atoms with Gasteiger partial charge in [-0.25, -0.2) is 9.50 Å². The van der Waals surface area contributed by atoms with E-state index in [4.69, 9.17) is 10.5 Å². The van der Waals surface area contributed by atoms with Crippen LogP contribution < -0.4 is 5.73 Å². The van der Waals surface area contributed by atoms with Crippen molar-refractivity contribution >= 4 is 18.1 Å². The summed E-state index contributed by atoms with van der Waals surface area (Å²) in [4.78, 5) is 7.71. The van der Waals surface area contributed by atoms with Crippen molar-refractivity contribution in [3.63, 3.8) is 0 Å². The van der Waals surface area contributed by atoms with Gasteiger partial charge in [-0.2, -0.15) is 5.10 Å². The van der Waals surface area contributed by atoms with Crippen LogP contribution in [-0.4, -0.2) is 68.1 Å². The summed E-state index contributed by atoms with van der Waals surface area (Å²) in [6, 6.07) is 3.35. The zero-order chi connectivity index (χ0) is 15.9. The summed E-state index contributed by atoms with van der Waals surface area (Å²) in [5.74, 6) is 0.273. The first kappa shape index (κ1) is 14.9. The first-order chi connectivity index (χ1) is 10.5. The molecule has 118 valence electrons. The van der Waals surface area contributed by atoms with E-state index in [1.54, 1.807) is 12.1 Å². The zero-order valence-corrected chi connectivity index (χ0v) is 11.7. The number of nitrogens with zero attached hydrogens (tertiary/aromatic N) is 4. The number of ether oxygens (including phenoxy) is 1. The number of rotatable bonds is 4. The number of aliphatic hydroxyl groups is 3. The summed E-state index contributed by atoms with van der Waals surface area (Å²) in [6.45, 7) is 2.99. The Labute approximate surface area is 125 Å². The predicted octanol–water partition coefficient (Wildman–Crippen LogP) is -1.68. The van der Waals surface area contributed by atoms with Gasteiger partial charge in [-0.3, -0.25) is 4.99 Å². The second-order valence-corrected chi connectivity index (χ2v) is 5.21. The van der Waals surface area contributed by atoms with Crippen LogP contribution in [0.25, 0.3) is 5.52 Å². The van der Waals surface area contributed by atoms with Crippen LogP contribution >= 0.6 is 0 Å². The van der Waals surface area contributed by atoms with Crippen molar-refractivity contribution < 1.29 is 20.1 Å². The highest BCUT2D eigenvalue weighted by molar-refractivity contribution is 5.65. The maximum atomic E-state index is 10.5. The summed E-state index contributed by atoms with van der Waals surface area (Å²) < 4.78 is 7.23. The molecule has 4 atom stereocenters. The lowest BCUT2D eigenvalue weighted by Crippen LogP contribution is -2.44. The highest BCUT2D eigenvalue weighted by atomic mass is 16.6. The maximum absolute atomic E-state index is 10.5. The molecule has 0 aromatic carbocycles. The van der Waals surface area contributed by atoms with Crippen molar-refractivity contribution in [2.24, 2.45) is 4.99 Å². The quantitative estimate of drug-likeness (QED) is 0.495. The summed E-state index contributed by atoms with van der Waals surface area (Å²) in [6.07, 6.45) is -2.20. The van der Waals surface area contributed by atoms with E-state index in [1.165, 1.54) is 10.8 Å².